The van der Waals surface area contributed by atoms with Crippen molar-refractivity contribution in [1.29, 1.82) is 0 Å². The molecule has 332 valence electrons. The quantitative estimate of drug-likeness (QED) is 0.0368. The van der Waals surface area contributed by atoms with E-state index in [0.717, 1.165) is 18.4 Å². The van der Waals surface area contributed by atoms with Crippen molar-refractivity contribution in [3.63, 3.8) is 0 Å². The first-order valence-electron chi connectivity index (χ1n) is 19.8. The summed E-state index contributed by atoms with van der Waals surface area (Å²) in [5.41, 5.74) is 6.27. The molecule has 7 amide bonds. The number of aliphatic hydroxyl groups excluding tert-OH is 1. The SMILES string of the molecule is CCC1(C)CC1C(=O)NC(CCNP)C(=O)NC(CCNP)C(=O)NC(C(=O)NCCC(NC)C(=O)NC(CCNP)C(=O)NC(Cc1ccccc1)C(N)=O)C(C)O. The van der Waals surface area contributed by atoms with Crippen LogP contribution in [0.3, 0.4) is 0 Å². The number of rotatable bonds is 29. The van der Waals surface area contributed by atoms with Crippen LogP contribution in [0.5, 0.6) is 0 Å². The largest absolute Gasteiger partial charge is 0.391 e. The molecule has 0 aromatic heterocycles. The van der Waals surface area contributed by atoms with Gasteiger partial charge in [0.25, 0.3) is 0 Å². The lowest BCUT2D eigenvalue weighted by Gasteiger charge is -2.27. The van der Waals surface area contributed by atoms with Gasteiger partial charge in [0.2, 0.25) is 41.4 Å². The number of nitrogens with two attached hydrogens (primary N) is 1. The molecule has 1 fully saturated rings. The Balaban J connectivity index is 2.05. The molecule has 2 rings (SSSR count). The minimum Gasteiger partial charge on any atom is -0.391 e. The van der Waals surface area contributed by atoms with Crippen molar-refractivity contribution in [3.8, 4) is 0 Å². The minimum absolute atomic E-state index is 0.0533. The number of carbonyl (C=O) groups excluding carboxylic acids is 7. The second-order valence-corrected chi connectivity index (χ2v) is 16.2. The van der Waals surface area contributed by atoms with Crippen LogP contribution in [0.4, 0.5) is 0 Å². The topological polar surface area (TPSA) is 286 Å². The van der Waals surface area contributed by atoms with Crippen molar-refractivity contribution in [2.45, 2.75) is 108 Å². The van der Waals surface area contributed by atoms with E-state index in [4.69, 9.17) is 5.73 Å². The highest BCUT2D eigenvalue weighted by Crippen LogP contribution is 2.54. The maximum atomic E-state index is 13.6. The minimum atomic E-state index is -1.42. The summed E-state index contributed by atoms with van der Waals surface area (Å²) >= 11 is 0. The molecular formula is C37H66N11O8P3. The van der Waals surface area contributed by atoms with E-state index in [1.54, 1.807) is 24.3 Å². The first-order chi connectivity index (χ1) is 28.0. The standard InChI is InChI=1S/C37H66N11O8P3/c1-5-37(3)20-23(37)31(51)44-25(12-16-41-57)33(53)46-27(14-18-43-59)35(55)48-29(21(2)49)36(56)40-15-11-24(39-4)32(52)45-26(13-17-42-58)34(54)47-28(30(38)50)19-22-9-7-6-8-10-22/h6-10,21,23-29,39,41-43,49H,5,11-20,57-59H2,1-4H3,(H2,38,50)(H,40,56)(H,44,51)(H,45,52)(H,46,53)(H,47,54)(H,48,55). The summed E-state index contributed by atoms with van der Waals surface area (Å²) in [5.74, 6) is -4.34. The third-order valence-electron chi connectivity index (χ3n) is 10.5. The summed E-state index contributed by atoms with van der Waals surface area (Å²) in [6.07, 6.45) is 0.986. The Labute approximate surface area is 354 Å². The van der Waals surface area contributed by atoms with Gasteiger partial charge in [0.15, 0.2) is 0 Å². The highest BCUT2D eigenvalue weighted by atomic mass is 31.0. The molecular weight excluding hydrogens is 819 g/mol. The predicted octanol–water partition coefficient (Wildman–Crippen LogP) is -2.64. The predicted molar refractivity (Wildman–Crippen MR) is 235 cm³/mol. The lowest BCUT2D eigenvalue weighted by atomic mass is 10.0. The molecule has 1 aromatic rings. The average Bonchev–Trinajstić information content (AvgIpc) is 3.91. The Bertz CT molecular complexity index is 1550. The third kappa shape index (κ3) is 17.6. The van der Waals surface area contributed by atoms with E-state index in [2.05, 4.69) is 80.7 Å². The zero-order chi connectivity index (χ0) is 44.1. The van der Waals surface area contributed by atoms with Crippen LogP contribution in [0.15, 0.2) is 30.3 Å². The van der Waals surface area contributed by atoms with Crippen molar-refractivity contribution < 1.29 is 38.7 Å². The van der Waals surface area contributed by atoms with Gasteiger partial charge in [-0.1, -0.05) is 72.4 Å². The summed E-state index contributed by atoms with van der Waals surface area (Å²) in [4.78, 5) is 92.3. The van der Waals surface area contributed by atoms with E-state index < -0.39 is 77.8 Å². The van der Waals surface area contributed by atoms with Crippen LogP contribution >= 0.6 is 28.2 Å². The fraction of sp³-hybridized carbons (Fsp3) is 0.649. The Morgan fingerprint density at radius 1 is 0.712 bits per heavy atom. The lowest BCUT2D eigenvalue weighted by Crippen LogP contribution is -2.59. The van der Waals surface area contributed by atoms with E-state index >= 15 is 0 Å². The summed E-state index contributed by atoms with van der Waals surface area (Å²) in [5, 5.41) is 38.1. The van der Waals surface area contributed by atoms with Gasteiger partial charge in [-0.2, -0.15) is 0 Å². The fourth-order valence-electron chi connectivity index (χ4n) is 6.37. The van der Waals surface area contributed by atoms with Crippen molar-refractivity contribution in [3.05, 3.63) is 35.9 Å². The monoisotopic (exact) mass is 885 g/mol. The maximum Gasteiger partial charge on any atom is 0.245 e. The summed E-state index contributed by atoms with van der Waals surface area (Å²) < 4.78 is 0. The van der Waals surface area contributed by atoms with Crippen molar-refractivity contribution in [1.82, 2.24) is 52.5 Å². The van der Waals surface area contributed by atoms with E-state index in [1.165, 1.54) is 14.0 Å². The van der Waals surface area contributed by atoms with E-state index in [-0.39, 0.29) is 55.9 Å². The zero-order valence-corrected chi connectivity index (χ0v) is 37.9. The van der Waals surface area contributed by atoms with Crippen LogP contribution in [-0.2, 0) is 40.0 Å². The molecule has 13 N–H and O–H groups in total. The van der Waals surface area contributed by atoms with Crippen LogP contribution in [-0.4, -0.2) is 122 Å². The second-order valence-electron chi connectivity index (χ2n) is 15.0. The van der Waals surface area contributed by atoms with Gasteiger partial charge < -0.3 is 63.3 Å². The van der Waals surface area contributed by atoms with Crippen LogP contribution in [0.1, 0.15) is 64.9 Å². The zero-order valence-electron chi connectivity index (χ0n) is 34.4. The number of nitrogens with one attached hydrogen (secondary N) is 10. The van der Waals surface area contributed by atoms with Crippen molar-refractivity contribution in [2.24, 2.45) is 17.1 Å². The number of aliphatic hydroxyl groups is 1. The maximum absolute atomic E-state index is 13.6. The highest BCUT2D eigenvalue weighted by Gasteiger charge is 2.53. The molecule has 12 unspecified atom stereocenters. The number of hydrogen-bond acceptors (Lipinski definition) is 12. The van der Waals surface area contributed by atoms with Gasteiger partial charge >= 0.3 is 0 Å². The summed E-state index contributed by atoms with van der Waals surface area (Å²) in [6, 6.07) is 2.62. The van der Waals surface area contributed by atoms with E-state index in [9.17, 15) is 38.7 Å². The number of primary amides is 1. The van der Waals surface area contributed by atoms with Gasteiger partial charge in [-0.25, -0.2) is 0 Å². The third-order valence-corrected chi connectivity index (χ3v) is 11.4. The van der Waals surface area contributed by atoms with Gasteiger partial charge in [-0.3, -0.25) is 33.6 Å². The number of carbonyl (C=O) groups is 7. The molecule has 0 spiro atoms. The molecule has 1 saturated carbocycles. The van der Waals surface area contributed by atoms with Gasteiger partial charge in [0.05, 0.1) is 12.1 Å². The fourth-order valence-corrected chi connectivity index (χ4v) is 6.87. The Hall–Kier alpha value is -3.40. The summed E-state index contributed by atoms with van der Waals surface area (Å²) in [6.45, 7) is 6.32. The van der Waals surface area contributed by atoms with E-state index in [0.29, 0.717) is 19.6 Å². The van der Waals surface area contributed by atoms with Gasteiger partial charge in [-0.05, 0) is 63.5 Å². The van der Waals surface area contributed by atoms with Gasteiger partial charge in [0.1, 0.15) is 30.2 Å². The molecule has 0 aliphatic heterocycles. The van der Waals surface area contributed by atoms with Crippen molar-refractivity contribution >= 4 is 69.5 Å². The van der Waals surface area contributed by atoms with Crippen molar-refractivity contribution in [2.75, 3.05) is 33.2 Å². The Morgan fingerprint density at radius 3 is 1.61 bits per heavy atom. The second kappa shape index (κ2) is 26.7. The Kier molecular flexibility index (Phi) is 23.4. The molecule has 22 heteroatoms. The number of amides is 7. The molecule has 12 atom stereocenters. The molecule has 0 saturated heterocycles. The number of likely N-dealkylation sites (N-methyl/N-ethyl adjacent to an activating group) is 1. The highest BCUT2D eigenvalue weighted by molar-refractivity contribution is 7.14. The molecule has 1 aliphatic rings. The average molecular weight is 886 g/mol. The summed E-state index contributed by atoms with van der Waals surface area (Å²) in [7, 11) is 8.51. The molecule has 1 aromatic carbocycles. The lowest BCUT2D eigenvalue weighted by molar-refractivity contribution is -0.135. The van der Waals surface area contributed by atoms with Crippen LogP contribution < -0.4 is 58.2 Å². The first kappa shape index (κ1) is 51.7. The van der Waals surface area contributed by atoms with Gasteiger partial charge in [0, 0.05) is 38.5 Å². The normalized spacial score (nSPS) is 19.4. The van der Waals surface area contributed by atoms with Gasteiger partial charge in [-0.15, -0.1) is 0 Å². The number of hydrogen-bond donors (Lipinski definition) is 12. The smallest absolute Gasteiger partial charge is 0.245 e. The molecule has 1 aliphatic carbocycles. The Morgan fingerprint density at radius 2 is 1.17 bits per heavy atom. The number of benzene rings is 1. The van der Waals surface area contributed by atoms with Crippen LogP contribution in [0, 0.1) is 11.3 Å². The first-order valence-corrected chi connectivity index (χ1v) is 21.6. The molecule has 0 bridgehead atoms. The van der Waals surface area contributed by atoms with Crippen LogP contribution in [0.25, 0.3) is 0 Å². The van der Waals surface area contributed by atoms with E-state index in [1.807, 2.05) is 19.9 Å². The molecule has 19 nitrogen and oxygen atoms in total. The molecule has 59 heavy (non-hydrogen) atoms. The molecule has 0 heterocycles. The molecule has 0 radical (unpaired) electrons. The van der Waals surface area contributed by atoms with Crippen LogP contribution in [0.2, 0.25) is 0 Å².